The maximum Gasteiger partial charge on any atom is 0.158 e. The predicted octanol–water partition coefficient (Wildman–Crippen LogP) is 1.07. The Balaban J connectivity index is 2.18. The van der Waals surface area contributed by atoms with E-state index < -0.39 is 0 Å². The minimum absolute atomic E-state index is 0.0354. The van der Waals surface area contributed by atoms with Gasteiger partial charge in [-0.2, -0.15) is 0 Å². The number of likely N-dealkylation sites (N-methyl/N-ethyl adjacent to an activating group) is 1. The predicted molar refractivity (Wildman–Crippen MR) is 65.6 cm³/mol. The van der Waals surface area contributed by atoms with E-state index in [0.717, 1.165) is 39.3 Å². The van der Waals surface area contributed by atoms with E-state index >= 15 is 0 Å². The highest BCUT2D eigenvalue weighted by atomic mass is 16.7. The average Bonchev–Trinajstić information content (AvgIpc) is 2.79. The van der Waals surface area contributed by atoms with Gasteiger partial charge in [-0.1, -0.05) is 0 Å². The van der Waals surface area contributed by atoms with Crippen molar-refractivity contribution in [1.29, 1.82) is 0 Å². The van der Waals surface area contributed by atoms with Crippen molar-refractivity contribution in [2.45, 2.75) is 39.0 Å². The van der Waals surface area contributed by atoms with E-state index in [-0.39, 0.29) is 6.29 Å². The molecule has 0 aromatic rings. The van der Waals surface area contributed by atoms with Crippen LogP contribution in [0.5, 0.6) is 0 Å². The molecule has 4 heteroatoms. The fourth-order valence-electron chi connectivity index (χ4n) is 2.09. The molecule has 0 bridgehead atoms. The molecule has 1 rings (SSSR count). The molecule has 16 heavy (non-hydrogen) atoms. The Kier molecular flexibility index (Phi) is 6.96. The van der Waals surface area contributed by atoms with Gasteiger partial charge in [-0.05, 0) is 33.9 Å². The highest BCUT2D eigenvalue weighted by Gasteiger charge is 2.19. The molecule has 0 amide bonds. The van der Waals surface area contributed by atoms with E-state index in [0.29, 0.717) is 6.04 Å². The first-order chi connectivity index (χ1) is 7.77. The summed E-state index contributed by atoms with van der Waals surface area (Å²) in [5.74, 6) is 0. The fraction of sp³-hybridized carbons (Fsp3) is 1.00. The Hall–Kier alpha value is -0.160. The van der Waals surface area contributed by atoms with E-state index in [2.05, 4.69) is 17.3 Å². The standard InChI is InChI=1S/C12H26N2O2/c1-4-15-12(16-5-2)7-9-14(3)11-6-8-13-10-11/h11-13H,4-10H2,1-3H3. The zero-order chi connectivity index (χ0) is 11.8. The lowest BCUT2D eigenvalue weighted by molar-refractivity contribution is -0.141. The molecular formula is C12H26N2O2. The number of hydrogen-bond acceptors (Lipinski definition) is 4. The number of nitrogens with zero attached hydrogens (tertiary/aromatic N) is 1. The summed E-state index contributed by atoms with van der Waals surface area (Å²) in [6.45, 7) is 8.77. The van der Waals surface area contributed by atoms with Crippen LogP contribution in [0.25, 0.3) is 0 Å². The molecule has 1 aliphatic rings. The van der Waals surface area contributed by atoms with Gasteiger partial charge in [-0.3, -0.25) is 0 Å². The highest BCUT2D eigenvalue weighted by molar-refractivity contribution is 4.78. The Morgan fingerprint density at radius 2 is 2.00 bits per heavy atom. The van der Waals surface area contributed by atoms with Gasteiger partial charge in [-0.15, -0.1) is 0 Å². The van der Waals surface area contributed by atoms with Gasteiger partial charge in [0.05, 0.1) is 0 Å². The Bertz CT molecular complexity index is 164. The first kappa shape index (κ1) is 13.9. The molecule has 1 aliphatic heterocycles. The lowest BCUT2D eigenvalue weighted by Crippen LogP contribution is -2.36. The summed E-state index contributed by atoms with van der Waals surface area (Å²) < 4.78 is 11.1. The molecule has 0 aliphatic carbocycles. The number of nitrogens with one attached hydrogen (secondary N) is 1. The monoisotopic (exact) mass is 230 g/mol. The van der Waals surface area contributed by atoms with Crippen molar-refractivity contribution in [3.63, 3.8) is 0 Å². The highest BCUT2D eigenvalue weighted by Crippen LogP contribution is 2.09. The lowest BCUT2D eigenvalue weighted by atomic mass is 10.2. The third-order valence-electron chi connectivity index (χ3n) is 3.08. The minimum atomic E-state index is -0.0354. The van der Waals surface area contributed by atoms with Crippen LogP contribution in [0, 0.1) is 0 Å². The molecule has 1 unspecified atom stereocenters. The van der Waals surface area contributed by atoms with E-state index in [4.69, 9.17) is 9.47 Å². The van der Waals surface area contributed by atoms with Gasteiger partial charge < -0.3 is 19.7 Å². The second-order valence-electron chi connectivity index (χ2n) is 4.26. The molecule has 0 aromatic carbocycles. The van der Waals surface area contributed by atoms with E-state index in [1.54, 1.807) is 0 Å². The van der Waals surface area contributed by atoms with Crippen molar-refractivity contribution in [2.24, 2.45) is 0 Å². The summed E-state index contributed by atoms with van der Waals surface area (Å²) in [4.78, 5) is 2.41. The summed E-state index contributed by atoms with van der Waals surface area (Å²) >= 11 is 0. The van der Waals surface area contributed by atoms with Gasteiger partial charge in [0, 0.05) is 38.8 Å². The summed E-state index contributed by atoms with van der Waals surface area (Å²) in [5.41, 5.74) is 0. The van der Waals surface area contributed by atoms with Crippen molar-refractivity contribution in [2.75, 3.05) is 39.9 Å². The second kappa shape index (κ2) is 8.01. The van der Waals surface area contributed by atoms with Gasteiger partial charge in [0.15, 0.2) is 6.29 Å². The summed E-state index contributed by atoms with van der Waals surface area (Å²) in [6.07, 6.45) is 2.17. The molecule has 1 atom stereocenters. The molecule has 0 radical (unpaired) electrons. The second-order valence-corrected chi connectivity index (χ2v) is 4.26. The molecule has 1 saturated heterocycles. The number of ether oxygens (including phenoxy) is 2. The molecule has 1 N–H and O–H groups in total. The molecular weight excluding hydrogens is 204 g/mol. The quantitative estimate of drug-likeness (QED) is 0.632. The van der Waals surface area contributed by atoms with Crippen LogP contribution < -0.4 is 5.32 Å². The zero-order valence-corrected chi connectivity index (χ0v) is 10.9. The average molecular weight is 230 g/mol. The Morgan fingerprint density at radius 1 is 1.31 bits per heavy atom. The molecule has 0 saturated carbocycles. The Morgan fingerprint density at radius 3 is 2.50 bits per heavy atom. The summed E-state index contributed by atoms with van der Waals surface area (Å²) in [7, 11) is 2.19. The van der Waals surface area contributed by atoms with Crippen LogP contribution in [0.1, 0.15) is 26.7 Å². The van der Waals surface area contributed by atoms with E-state index in [1.807, 2.05) is 13.8 Å². The molecule has 1 heterocycles. The van der Waals surface area contributed by atoms with Crippen LogP contribution in [0.2, 0.25) is 0 Å². The first-order valence-corrected chi connectivity index (χ1v) is 6.42. The van der Waals surface area contributed by atoms with Gasteiger partial charge in [0.25, 0.3) is 0 Å². The third kappa shape index (κ3) is 4.78. The van der Waals surface area contributed by atoms with Gasteiger partial charge in [-0.25, -0.2) is 0 Å². The van der Waals surface area contributed by atoms with Crippen LogP contribution in [0.3, 0.4) is 0 Å². The third-order valence-corrected chi connectivity index (χ3v) is 3.08. The molecule has 96 valence electrons. The van der Waals surface area contributed by atoms with Crippen LogP contribution in [-0.4, -0.2) is 57.1 Å². The molecule has 0 spiro atoms. The van der Waals surface area contributed by atoms with Gasteiger partial charge in [0.1, 0.15) is 0 Å². The SMILES string of the molecule is CCOC(CCN(C)C1CCNC1)OCC. The summed E-state index contributed by atoms with van der Waals surface area (Å²) in [6, 6.07) is 0.684. The van der Waals surface area contributed by atoms with Crippen molar-refractivity contribution in [3.05, 3.63) is 0 Å². The van der Waals surface area contributed by atoms with E-state index in [1.165, 1.54) is 6.42 Å². The van der Waals surface area contributed by atoms with Crippen molar-refractivity contribution in [1.82, 2.24) is 10.2 Å². The van der Waals surface area contributed by atoms with Crippen LogP contribution >= 0.6 is 0 Å². The lowest BCUT2D eigenvalue weighted by Gasteiger charge is -2.25. The smallest absolute Gasteiger partial charge is 0.158 e. The maximum atomic E-state index is 5.53. The van der Waals surface area contributed by atoms with Crippen molar-refractivity contribution in [3.8, 4) is 0 Å². The van der Waals surface area contributed by atoms with Crippen LogP contribution in [0.15, 0.2) is 0 Å². The van der Waals surface area contributed by atoms with Crippen molar-refractivity contribution < 1.29 is 9.47 Å². The fourth-order valence-corrected chi connectivity index (χ4v) is 2.09. The number of rotatable bonds is 8. The first-order valence-electron chi connectivity index (χ1n) is 6.42. The minimum Gasteiger partial charge on any atom is -0.353 e. The molecule has 4 nitrogen and oxygen atoms in total. The van der Waals surface area contributed by atoms with Crippen LogP contribution in [0.4, 0.5) is 0 Å². The van der Waals surface area contributed by atoms with Crippen LogP contribution in [-0.2, 0) is 9.47 Å². The Labute approximate surface area is 99.3 Å². The zero-order valence-electron chi connectivity index (χ0n) is 10.9. The topological polar surface area (TPSA) is 33.7 Å². The molecule has 0 aromatic heterocycles. The van der Waals surface area contributed by atoms with Gasteiger partial charge >= 0.3 is 0 Å². The molecule has 1 fully saturated rings. The normalized spacial score (nSPS) is 21.2. The number of hydrogen-bond donors (Lipinski definition) is 1. The van der Waals surface area contributed by atoms with Crippen molar-refractivity contribution >= 4 is 0 Å². The maximum absolute atomic E-state index is 5.53. The van der Waals surface area contributed by atoms with Gasteiger partial charge in [0.2, 0.25) is 0 Å². The largest absolute Gasteiger partial charge is 0.353 e. The van der Waals surface area contributed by atoms with E-state index in [9.17, 15) is 0 Å². The summed E-state index contributed by atoms with van der Waals surface area (Å²) in [5, 5.41) is 3.39.